The van der Waals surface area contributed by atoms with Crippen molar-refractivity contribution in [3.05, 3.63) is 46.1 Å². The summed E-state index contributed by atoms with van der Waals surface area (Å²) >= 11 is 0. The maximum Gasteiger partial charge on any atom is 0.345 e. The van der Waals surface area contributed by atoms with Crippen molar-refractivity contribution in [3.8, 4) is 11.6 Å². The van der Waals surface area contributed by atoms with Gasteiger partial charge >= 0.3 is 5.97 Å². The molecule has 5 heteroatoms. The van der Waals surface area contributed by atoms with E-state index < -0.39 is 5.97 Å². The Labute approximate surface area is 162 Å². The van der Waals surface area contributed by atoms with E-state index in [-0.39, 0.29) is 11.9 Å². The average Bonchev–Trinajstić information content (AvgIpc) is 2.57. The highest BCUT2D eigenvalue weighted by Crippen LogP contribution is 2.34. The summed E-state index contributed by atoms with van der Waals surface area (Å²) in [6.07, 6.45) is 2.05. The molecule has 0 spiro atoms. The average molecular weight is 370 g/mol. The number of aromatic nitrogens is 1. The smallest absolute Gasteiger partial charge is 0.345 e. The van der Waals surface area contributed by atoms with E-state index in [0.29, 0.717) is 11.3 Å². The molecule has 1 heterocycles. The molecule has 2 rings (SSSR count). The zero-order valence-corrected chi connectivity index (χ0v) is 17.4. The second-order valence-electron chi connectivity index (χ2n) is 7.15. The molecule has 27 heavy (non-hydrogen) atoms. The van der Waals surface area contributed by atoms with E-state index in [4.69, 9.17) is 9.47 Å². The van der Waals surface area contributed by atoms with Crippen molar-refractivity contribution >= 4 is 11.7 Å². The Bertz CT molecular complexity index is 808. The summed E-state index contributed by atoms with van der Waals surface area (Å²) in [7, 11) is 1.37. The van der Waals surface area contributed by atoms with Gasteiger partial charge < -0.3 is 14.8 Å². The van der Waals surface area contributed by atoms with Crippen molar-refractivity contribution in [1.29, 1.82) is 0 Å². The number of benzene rings is 1. The van der Waals surface area contributed by atoms with Crippen molar-refractivity contribution in [1.82, 2.24) is 4.98 Å². The lowest BCUT2D eigenvalue weighted by molar-refractivity contribution is 0.0598. The minimum atomic E-state index is -0.467. The van der Waals surface area contributed by atoms with Crippen molar-refractivity contribution in [2.45, 2.75) is 60.4 Å². The van der Waals surface area contributed by atoms with Crippen LogP contribution in [0.15, 0.2) is 18.2 Å². The first-order chi connectivity index (χ1) is 12.8. The minimum absolute atomic E-state index is 0.218. The van der Waals surface area contributed by atoms with Gasteiger partial charge in [0, 0.05) is 11.7 Å². The first-order valence-corrected chi connectivity index (χ1v) is 9.39. The lowest BCUT2D eigenvalue weighted by Crippen LogP contribution is -2.19. The van der Waals surface area contributed by atoms with Gasteiger partial charge in [0.05, 0.1) is 12.8 Å². The number of rotatable bonds is 7. The van der Waals surface area contributed by atoms with Gasteiger partial charge in [-0.25, -0.2) is 9.78 Å². The van der Waals surface area contributed by atoms with Crippen molar-refractivity contribution in [2.75, 3.05) is 12.4 Å². The van der Waals surface area contributed by atoms with Gasteiger partial charge in [-0.05, 0) is 58.2 Å². The minimum Gasteiger partial charge on any atom is -0.465 e. The van der Waals surface area contributed by atoms with E-state index in [1.54, 1.807) is 0 Å². The largest absolute Gasteiger partial charge is 0.465 e. The lowest BCUT2D eigenvalue weighted by atomic mass is 10.1. The molecule has 0 saturated carbocycles. The van der Waals surface area contributed by atoms with Gasteiger partial charge in [-0.15, -0.1) is 0 Å². The molecule has 146 valence electrons. The Morgan fingerprint density at radius 1 is 1.15 bits per heavy atom. The summed E-state index contributed by atoms with van der Waals surface area (Å²) in [6.45, 7) is 12.1. The molecular formula is C22H30N2O3. The van der Waals surface area contributed by atoms with Gasteiger partial charge in [-0.2, -0.15) is 0 Å². The SMILES string of the molecule is CCCC(C)Nc1cc(C)nc(Oc2c(C)cc(C)cc2C)c1C(=O)OC. The highest BCUT2D eigenvalue weighted by Gasteiger charge is 2.23. The highest BCUT2D eigenvalue weighted by molar-refractivity contribution is 5.98. The predicted octanol–water partition coefficient (Wildman–Crippen LogP) is 5.49. The Kier molecular flexibility index (Phi) is 6.83. The highest BCUT2D eigenvalue weighted by atomic mass is 16.5. The maximum atomic E-state index is 12.5. The molecule has 1 aromatic carbocycles. The van der Waals surface area contributed by atoms with Crippen molar-refractivity contribution < 1.29 is 14.3 Å². The monoisotopic (exact) mass is 370 g/mol. The van der Waals surface area contributed by atoms with E-state index in [0.717, 1.165) is 35.4 Å². The summed E-state index contributed by atoms with van der Waals surface area (Å²) < 4.78 is 11.2. The topological polar surface area (TPSA) is 60.5 Å². The molecule has 0 aliphatic heterocycles. The molecule has 1 unspecified atom stereocenters. The Morgan fingerprint density at radius 2 is 1.78 bits per heavy atom. The lowest BCUT2D eigenvalue weighted by Gasteiger charge is -2.20. The van der Waals surface area contributed by atoms with Crippen LogP contribution in [0.4, 0.5) is 5.69 Å². The number of aryl methyl sites for hydroxylation is 4. The van der Waals surface area contributed by atoms with Crippen molar-refractivity contribution in [3.63, 3.8) is 0 Å². The summed E-state index contributed by atoms with van der Waals surface area (Å²) in [5.41, 5.74) is 4.95. The second-order valence-corrected chi connectivity index (χ2v) is 7.15. The third-order valence-corrected chi connectivity index (χ3v) is 4.43. The Balaban J connectivity index is 2.55. The molecule has 0 bridgehead atoms. The van der Waals surface area contributed by atoms with E-state index in [2.05, 4.69) is 36.3 Å². The van der Waals surface area contributed by atoms with Crippen LogP contribution in [0.25, 0.3) is 0 Å². The van der Waals surface area contributed by atoms with Gasteiger partial charge in [-0.1, -0.05) is 31.0 Å². The molecule has 1 atom stereocenters. The third kappa shape index (κ3) is 5.00. The molecule has 0 amide bonds. The fourth-order valence-corrected chi connectivity index (χ4v) is 3.33. The van der Waals surface area contributed by atoms with Crippen LogP contribution in [0.2, 0.25) is 0 Å². The van der Waals surface area contributed by atoms with Crippen LogP contribution in [0.5, 0.6) is 11.6 Å². The van der Waals surface area contributed by atoms with Crippen molar-refractivity contribution in [2.24, 2.45) is 0 Å². The molecule has 2 aromatic rings. The number of esters is 1. The molecule has 5 nitrogen and oxygen atoms in total. The van der Waals surface area contributed by atoms with Gasteiger partial charge in [0.1, 0.15) is 11.3 Å². The number of nitrogens with zero attached hydrogens (tertiary/aromatic N) is 1. The predicted molar refractivity (Wildman–Crippen MR) is 109 cm³/mol. The molecule has 0 aliphatic rings. The summed E-state index contributed by atoms with van der Waals surface area (Å²) in [6, 6.07) is 6.19. The number of hydrogen-bond acceptors (Lipinski definition) is 5. The zero-order chi connectivity index (χ0) is 20.1. The number of carbonyl (C=O) groups is 1. The Hall–Kier alpha value is -2.56. The number of hydrogen-bond donors (Lipinski definition) is 1. The number of methoxy groups -OCH3 is 1. The molecular weight excluding hydrogens is 340 g/mol. The van der Waals surface area contributed by atoms with E-state index in [9.17, 15) is 4.79 Å². The van der Waals surface area contributed by atoms with Crippen LogP contribution in [0.3, 0.4) is 0 Å². The first kappa shape index (κ1) is 20.7. The number of carbonyl (C=O) groups excluding carboxylic acids is 1. The number of nitrogens with one attached hydrogen (secondary N) is 1. The summed E-state index contributed by atoms with van der Waals surface area (Å²) in [5.74, 6) is 0.519. The molecule has 0 aliphatic carbocycles. The first-order valence-electron chi connectivity index (χ1n) is 9.39. The van der Waals surface area contributed by atoms with Gasteiger partial charge in [0.2, 0.25) is 5.88 Å². The summed E-state index contributed by atoms with van der Waals surface area (Å²) in [5, 5.41) is 3.41. The fourth-order valence-electron chi connectivity index (χ4n) is 3.33. The normalized spacial score (nSPS) is 11.8. The molecule has 1 N–H and O–H groups in total. The van der Waals surface area contributed by atoms with Crippen LogP contribution in [0.1, 0.15) is 59.4 Å². The third-order valence-electron chi connectivity index (χ3n) is 4.43. The molecule has 0 saturated heterocycles. The fraction of sp³-hybridized carbons (Fsp3) is 0.455. The van der Waals surface area contributed by atoms with Crippen LogP contribution in [-0.4, -0.2) is 24.1 Å². The molecule has 0 fully saturated rings. The van der Waals surface area contributed by atoms with Gasteiger partial charge in [-0.3, -0.25) is 0 Å². The van der Waals surface area contributed by atoms with E-state index >= 15 is 0 Å². The van der Waals surface area contributed by atoms with Gasteiger partial charge in [0.25, 0.3) is 0 Å². The molecule has 0 radical (unpaired) electrons. The number of pyridine rings is 1. The quantitative estimate of drug-likeness (QED) is 0.653. The number of anilines is 1. The van der Waals surface area contributed by atoms with Crippen LogP contribution in [-0.2, 0) is 4.74 Å². The van der Waals surface area contributed by atoms with Gasteiger partial charge in [0.15, 0.2) is 0 Å². The van der Waals surface area contributed by atoms with Crippen LogP contribution < -0.4 is 10.1 Å². The van der Waals surface area contributed by atoms with Crippen LogP contribution >= 0.6 is 0 Å². The van der Waals surface area contributed by atoms with Crippen LogP contribution in [0, 0.1) is 27.7 Å². The second kappa shape index (κ2) is 8.89. The number of ether oxygens (including phenoxy) is 2. The summed E-state index contributed by atoms with van der Waals surface area (Å²) in [4.78, 5) is 17.0. The van der Waals surface area contributed by atoms with E-state index in [1.165, 1.54) is 12.7 Å². The maximum absolute atomic E-state index is 12.5. The standard InChI is InChI=1S/C22H30N2O3/c1-8-9-16(5)23-18-12-17(6)24-21(19(18)22(25)26-7)27-20-14(3)10-13(2)11-15(20)4/h10-12,16H,8-9H2,1-7H3,(H,23,24). The molecule has 1 aromatic heterocycles. The van der Waals surface area contributed by atoms with E-state index in [1.807, 2.05) is 33.8 Å². The Morgan fingerprint density at radius 3 is 2.33 bits per heavy atom. The zero-order valence-electron chi connectivity index (χ0n) is 17.4.